The zero-order chi connectivity index (χ0) is 13.9. The van der Waals surface area contributed by atoms with Gasteiger partial charge in [0.1, 0.15) is 5.83 Å². The number of rotatable bonds is 9. The van der Waals surface area contributed by atoms with Crippen molar-refractivity contribution in [3.05, 3.63) is 47.8 Å². The maximum Gasteiger partial charge on any atom is 0.103 e. The Morgan fingerprint density at radius 3 is 2.37 bits per heavy atom. The molecule has 0 heterocycles. The molecule has 1 heteroatoms. The van der Waals surface area contributed by atoms with Gasteiger partial charge in [-0.2, -0.15) is 0 Å². The first-order valence-corrected chi connectivity index (χ1v) is 7.66. The average Bonchev–Trinajstić information content (AvgIpc) is 2.46. The van der Waals surface area contributed by atoms with Gasteiger partial charge in [0.2, 0.25) is 0 Å². The highest BCUT2D eigenvalue weighted by molar-refractivity contribution is 5.25. The third-order valence-corrected chi connectivity index (χ3v) is 3.61. The van der Waals surface area contributed by atoms with Crippen LogP contribution in [0.1, 0.15) is 70.3 Å². The maximum atomic E-state index is 14.0. The van der Waals surface area contributed by atoms with Crippen LogP contribution < -0.4 is 0 Å². The molecule has 1 aromatic carbocycles. The van der Waals surface area contributed by atoms with E-state index in [1.807, 2.05) is 37.3 Å². The Morgan fingerprint density at radius 2 is 1.68 bits per heavy atom. The standard InChI is InChI=1S/C18H27F/c1-3-4-5-6-7-8-12-15-18(19)16(2)17-13-10-9-11-14-17/h9-11,13-16H,3-8,12H2,1-2H3/t16-/m1/s1. The van der Waals surface area contributed by atoms with Crippen LogP contribution in [-0.2, 0) is 0 Å². The minimum absolute atomic E-state index is 0.0137. The van der Waals surface area contributed by atoms with E-state index in [2.05, 4.69) is 6.92 Å². The summed E-state index contributed by atoms with van der Waals surface area (Å²) in [5.41, 5.74) is 1.05. The van der Waals surface area contributed by atoms with Gasteiger partial charge < -0.3 is 0 Å². The lowest BCUT2D eigenvalue weighted by Gasteiger charge is -2.09. The molecule has 1 rings (SSSR count). The van der Waals surface area contributed by atoms with Crippen molar-refractivity contribution in [1.29, 1.82) is 0 Å². The smallest absolute Gasteiger partial charge is 0.103 e. The van der Waals surface area contributed by atoms with Crippen LogP contribution in [0, 0.1) is 0 Å². The largest absolute Gasteiger partial charge is 0.212 e. The van der Waals surface area contributed by atoms with Crippen LogP contribution in [0.5, 0.6) is 0 Å². The van der Waals surface area contributed by atoms with Gasteiger partial charge >= 0.3 is 0 Å². The molecule has 0 aliphatic rings. The van der Waals surface area contributed by atoms with Crippen molar-refractivity contribution in [2.24, 2.45) is 0 Å². The second-order valence-electron chi connectivity index (χ2n) is 5.28. The van der Waals surface area contributed by atoms with Crippen LogP contribution in [0.15, 0.2) is 42.2 Å². The molecule has 0 unspecified atom stereocenters. The van der Waals surface area contributed by atoms with E-state index in [0.29, 0.717) is 0 Å². The predicted octanol–water partition coefficient (Wildman–Crippen LogP) is 6.39. The fourth-order valence-electron chi connectivity index (χ4n) is 2.24. The Hall–Kier alpha value is -1.11. The maximum absolute atomic E-state index is 14.0. The first-order chi connectivity index (χ1) is 9.25. The molecule has 0 saturated heterocycles. The summed E-state index contributed by atoms with van der Waals surface area (Å²) in [6.07, 6.45) is 10.2. The highest BCUT2D eigenvalue weighted by Crippen LogP contribution is 2.25. The molecule has 0 fully saturated rings. The molecule has 0 N–H and O–H groups in total. The van der Waals surface area contributed by atoms with Gasteiger partial charge in [-0.05, 0) is 18.4 Å². The molecule has 0 bridgehead atoms. The Kier molecular flexibility index (Phi) is 8.20. The summed E-state index contributed by atoms with van der Waals surface area (Å²) in [7, 11) is 0. The van der Waals surface area contributed by atoms with E-state index in [1.54, 1.807) is 6.08 Å². The Morgan fingerprint density at radius 1 is 1.05 bits per heavy atom. The third-order valence-electron chi connectivity index (χ3n) is 3.61. The fraction of sp³-hybridized carbons (Fsp3) is 0.556. The van der Waals surface area contributed by atoms with Gasteiger partial charge in [-0.1, -0.05) is 82.4 Å². The summed E-state index contributed by atoms with van der Waals surface area (Å²) in [4.78, 5) is 0. The number of hydrogen-bond donors (Lipinski definition) is 0. The van der Waals surface area contributed by atoms with Crippen LogP contribution in [0.25, 0.3) is 0 Å². The molecule has 0 aliphatic heterocycles. The van der Waals surface area contributed by atoms with Crippen LogP contribution in [0.2, 0.25) is 0 Å². The molecular weight excluding hydrogens is 235 g/mol. The van der Waals surface area contributed by atoms with Crippen molar-refractivity contribution in [1.82, 2.24) is 0 Å². The minimum atomic E-state index is -0.110. The predicted molar refractivity (Wildman–Crippen MR) is 82.0 cm³/mol. The average molecular weight is 262 g/mol. The van der Waals surface area contributed by atoms with Crippen molar-refractivity contribution in [2.75, 3.05) is 0 Å². The Bertz CT molecular complexity index is 353. The number of allylic oxidation sites excluding steroid dienone is 2. The third kappa shape index (κ3) is 6.56. The first kappa shape index (κ1) is 15.9. The van der Waals surface area contributed by atoms with Gasteiger partial charge in [-0.25, -0.2) is 4.39 Å². The van der Waals surface area contributed by atoms with Gasteiger partial charge in [-0.3, -0.25) is 0 Å². The van der Waals surface area contributed by atoms with E-state index in [9.17, 15) is 4.39 Å². The van der Waals surface area contributed by atoms with E-state index in [0.717, 1.165) is 18.4 Å². The summed E-state index contributed by atoms with van der Waals surface area (Å²) in [5, 5.41) is 0. The molecule has 1 atom stereocenters. The zero-order valence-electron chi connectivity index (χ0n) is 12.4. The van der Waals surface area contributed by atoms with E-state index in [4.69, 9.17) is 0 Å². The molecule has 0 aromatic heterocycles. The van der Waals surface area contributed by atoms with E-state index < -0.39 is 0 Å². The van der Waals surface area contributed by atoms with Gasteiger partial charge in [-0.15, -0.1) is 0 Å². The van der Waals surface area contributed by atoms with Crippen molar-refractivity contribution in [3.63, 3.8) is 0 Å². The summed E-state index contributed by atoms with van der Waals surface area (Å²) < 4.78 is 14.0. The van der Waals surface area contributed by atoms with Crippen molar-refractivity contribution in [3.8, 4) is 0 Å². The minimum Gasteiger partial charge on any atom is -0.212 e. The van der Waals surface area contributed by atoms with Crippen molar-refractivity contribution in [2.45, 2.75) is 64.7 Å². The lowest BCUT2D eigenvalue weighted by Crippen LogP contribution is -1.93. The van der Waals surface area contributed by atoms with Crippen molar-refractivity contribution >= 4 is 0 Å². The molecule has 0 amide bonds. The molecule has 0 spiro atoms. The van der Waals surface area contributed by atoms with Gasteiger partial charge in [0.05, 0.1) is 0 Å². The molecular formula is C18H27F. The topological polar surface area (TPSA) is 0 Å². The van der Waals surface area contributed by atoms with Crippen molar-refractivity contribution < 1.29 is 4.39 Å². The summed E-state index contributed by atoms with van der Waals surface area (Å²) >= 11 is 0. The SMILES string of the molecule is CCCCCCCCC=C(F)[C@H](C)c1ccccc1. The highest BCUT2D eigenvalue weighted by Gasteiger charge is 2.09. The van der Waals surface area contributed by atoms with Gasteiger partial charge in [0, 0.05) is 5.92 Å². The molecule has 106 valence electrons. The van der Waals surface area contributed by atoms with E-state index in [1.165, 1.54) is 32.1 Å². The first-order valence-electron chi connectivity index (χ1n) is 7.66. The van der Waals surface area contributed by atoms with E-state index >= 15 is 0 Å². The number of halogens is 1. The second kappa shape index (κ2) is 9.77. The summed E-state index contributed by atoms with van der Waals surface area (Å²) in [5.74, 6) is -0.0963. The van der Waals surface area contributed by atoms with Gasteiger partial charge in [0.15, 0.2) is 0 Å². The molecule has 0 radical (unpaired) electrons. The van der Waals surface area contributed by atoms with Crippen LogP contribution in [0.4, 0.5) is 4.39 Å². The fourth-order valence-corrected chi connectivity index (χ4v) is 2.24. The van der Waals surface area contributed by atoms with Crippen LogP contribution >= 0.6 is 0 Å². The lowest BCUT2D eigenvalue weighted by atomic mass is 9.99. The molecule has 0 nitrogen and oxygen atoms in total. The highest BCUT2D eigenvalue weighted by atomic mass is 19.1. The normalized spacial score (nSPS) is 13.5. The summed E-state index contributed by atoms with van der Waals surface area (Å²) in [6, 6.07) is 9.87. The molecule has 0 saturated carbocycles. The number of hydrogen-bond acceptors (Lipinski definition) is 0. The van der Waals surface area contributed by atoms with Gasteiger partial charge in [0.25, 0.3) is 0 Å². The van der Waals surface area contributed by atoms with E-state index in [-0.39, 0.29) is 11.7 Å². The zero-order valence-corrected chi connectivity index (χ0v) is 12.4. The Labute approximate surface area is 117 Å². The second-order valence-corrected chi connectivity index (χ2v) is 5.28. The van der Waals surface area contributed by atoms with Crippen LogP contribution in [-0.4, -0.2) is 0 Å². The molecule has 0 aliphatic carbocycles. The van der Waals surface area contributed by atoms with Crippen LogP contribution in [0.3, 0.4) is 0 Å². The Balaban J connectivity index is 2.25. The quantitative estimate of drug-likeness (QED) is 0.452. The summed E-state index contributed by atoms with van der Waals surface area (Å²) in [6.45, 7) is 4.16. The lowest BCUT2D eigenvalue weighted by molar-refractivity contribution is 0.552. The molecule has 19 heavy (non-hydrogen) atoms. The molecule has 1 aromatic rings. The monoisotopic (exact) mass is 262 g/mol. The number of benzene rings is 1. The number of unbranched alkanes of at least 4 members (excludes halogenated alkanes) is 6.